The minimum atomic E-state index is -4.12. The molecule has 0 unspecified atom stereocenters. The number of para-hydroxylation sites is 1. The molecule has 0 N–H and O–H groups in total. The van der Waals surface area contributed by atoms with Crippen molar-refractivity contribution in [3.63, 3.8) is 0 Å². The van der Waals surface area contributed by atoms with Crippen molar-refractivity contribution in [2.45, 2.75) is 11.4 Å². The number of halogens is 1. The van der Waals surface area contributed by atoms with E-state index in [1.54, 1.807) is 20.2 Å². The van der Waals surface area contributed by atoms with E-state index in [-0.39, 0.29) is 17.1 Å². The summed E-state index contributed by atoms with van der Waals surface area (Å²) in [6, 6.07) is 18.0. The van der Waals surface area contributed by atoms with E-state index in [9.17, 15) is 17.6 Å². The lowest BCUT2D eigenvalue weighted by Gasteiger charge is -2.27. The molecule has 0 spiro atoms. The topological polar surface area (TPSA) is 76.2 Å². The van der Waals surface area contributed by atoms with E-state index in [0.717, 1.165) is 22.0 Å². The molecule has 0 aliphatic carbocycles. The van der Waals surface area contributed by atoms with Crippen LogP contribution in [0.4, 0.5) is 10.1 Å². The molecule has 3 rings (SSSR count). The lowest BCUT2D eigenvalue weighted by atomic mass is 10.2. The molecule has 0 atom stereocenters. The van der Waals surface area contributed by atoms with Crippen LogP contribution < -0.4 is 13.8 Å². The number of hydrogen-bond acceptors (Lipinski definition) is 5. The predicted octanol–water partition coefficient (Wildman–Crippen LogP) is 3.70. The van der Waals surface area contributed by atoms with Gasteiger partial charge in [0.1, 0.15) is 23.9 Å². The SMILES string of the molecule is COc1ccc(S(=O)(=O)N(CC(=O)N(C)Cc2ccccc2OC)c2ccc(F)cc2)cc1. The van der Waals surface area contributed by atoms with Gasteiger partial charge in [-0.05, 0) is 54.6 Å². The van der Waals surface area contributed by atoms with Gasteiger partial charge < -0.3 is 14.4 Å². The quantitative estimate of drug-likeness (QED) is 0.475. The molecule has 3 aromatic carbocycles. The number of likely N-dealkylation sites (N-methyl/N-ethyl adjacent to an activating group) is 1. The van der Waals surface area contributed by atoms with E-state index in [1.807, 2.05) is 18.2 Å². The Morgan fingerprint density at radius 2 is 1.55 bits per heavy atom. The predicted molar refractivity (Wildman–Crippen MR) is 123 cm³/mol. The first kappa shape index (κ1) is 24.1. The van der Waals surface area contributed by atoms with Crippen molar-refractivity contribution in [3.8, 4) is 11.5 Å². The Hall–Kier alpha value is -3.59. The van der Waals surface area contributed by atoms with Crippen LogP contribution in [-0.4, -0.2) is 47.0 Å². The first-order valence-corrected chi connectivity index (χ1v) is 11.5. The molecule has 174 valence electrons. The van der Waals surface area contributed by atoms with Gasteiger partial charge >= 0.3 is 0 Å². The summed E-state index contributed by atoms with van der Waals surface area (Å²) in [5.41, 5.74) is 0.952. The fourth-order valence-electron chi connectivity index (χ4n) is 3.22. The van der Waals surface area contributed by atoms with E-state index in [2.05, 4.69) is 0 Å². The molecule has 3 aromatic rings. The second-order valence-electron chi connectivity index (χ2n) is 7.23. The number of amides is 1. The molecule has 0 radical (unpaired) electrons. The molecule has 7 nitrogen and oxygen atoms in total. The molecule has 0 aliphatic rings. The number of sulfonamides is 1. The van der Waals surface area contributed by atoms with Gasteiger partial charge in [0.05, 0.1) is 24.8 Å². The van der Waals surface area contributed by atoms with Crippen LogP contribution in [0.25, 0.3) is 0 Å². The van der Waals surface area contributed by atoms with Crippen LogP contribution in [0.5, 0.6) is 11.5 Å². The molecular weight excluding hydrogens is 447 g/mol. The summed E-state index contributed by atoms with van der Waals surface area (Å²) in [7, 11) is 0.475. The minimum absolute atomic E-state index is 0.0205. The number of rotatable bonds is 9. The zero-order chi connectivity index (χ0) is 24.0. The second-order valence-corrected chi connectivity index (χ2v) is 9.09. The third-order valence-electron chi connectivity index (χ3n) is 5.07. The lowest BCUT2D eigenvalue weighted by Crippen LogP contribution is -2.41. The van der Waals surface area contributed by atoms with Crippen molar-refractivity contribution in [1.82, 2.24) is 4.90 Å². The summed E-state index contributed by atoms with van der Waals surface area (Å²) in [6.45, 7) is -0.242. The molecule has 0 aliphatic heterocycles. The van der Waals surface area contributed by atoms with Crippen LogP contribution in [0.15, 0.2) is 77.7 Å². The summed E-state index contributed by atoms with van der Waals surface area (Å²) in [5, 5.41) is 0. The Labute approximate surface area is 193 Å². The molecule has 0 saturated heterocycles. The molecular formula is C24H25FN2O5S. The minimum Gasteiger partial charge on any atom is -0.497 e. The zero-order valence-electron chi connectivity index (χ0n) is 18.6. The second kappa shape index (κ2) is 10.4. The number of benzene rings is 3. The average molecular weight is 473 g/mol. The highest BCUT2D eigenvalue weighted by Gasteiger charge is 2.28. The third kappa shape index (κ3) is 5.61. The highest BCUT2D eigenvalue weighted by molar-refractivity contribution is 7.92. The molecule has 0 aromatic heterocycles. The summed E-state index contributed by atoms with van der Waals surface area (Å²) in [6.07, 6.45) is 0. The molecule has 0 bridgehead atoms. The smallest absolute Gasteiger partial charge is 0.264 e. The van der Waals surface area contributed by atoms with Gasteiger partial charge in [0.15, 0.2) is 0 Å². The first-order chi connectivity index (χ1) is 15.8. The standard InChI is InChI=1S/C24H25FN2O5S/c1-26(16-18-6-4-5-7-23(18)32-3)24(28)17-27(20-10-8-19(25)9-11-20)33(29,30)22-14-12-21(31-2)13-15-22/h4-15H,16-17H2,1-3H3. The summed E-state index contributed by atoms with van der Waals surface area (Å²) < 4.78 is 51.7. The maximum Gasteiger partial charge on any atom is 0.264 e. The summed E-state index contributed by atoms with van der Waals surface area (Å²) in [5.74, 6) is 0.163. The van der Waals surface area contributed by atoms with Crippen molar-refractivity contribution in [2.75, 3.05) is 32.1 Å². The Balaban J connectivity index is 1.91. The fraction of sp³-hybridized carbons (Fsp3) is 0.208. The molecule has 0 saturated carbocycles. The average Bonchev–Trinajstić information content (AvgIpc) is 2.83. The van der Waals surface area contributed by atoms with Crippen LogP contribution in [0.3, 0.4) is 0 Å². The van der Waals surface area contributed by atoms with Crippen molar-refractivity contribution < 1.29 is 27.1 Å². The van der Waals surface area contributed by atoms with Gasteiger partial charge in [-0.25, -0.2) is 12.8 Å². The number of anilines is 1. The Morgan fingerprint density at radius 1 is 0.909 bits per heavy atom. The molecule has 0 fully saturated rings. The van der Waals surface area contributed by atoms with Gasteiger partial charge in [-0.2, -0.15) is 0 Å². The summed E-state index contributed by atoms with van der Waals surface area (Å²) in [4.78, 5) is 14.5. The molecule has 1 amide bonds. The van der Waals surface area contributed by atoms with Gasteiger partial charge in [0, 0.05) is 19.2 Å². The highest BCUT2D eigenvalue weighted by Crippen LogP contribution is 2.26. The van der Waals surface area contributed by atoms with E-state index in [1.165, 1.54) is 48.4 Å². The van der Waals surface area contributed by atoms with Crippen molar-refractivity contribution >= 4 is 21.6 Å². The van der Waals surface area contributed by atoms with Crippen molar-refractivity contribution in [3.05, 3.63) is 84.2 Å². The number of methoxy groups -OCH3 is 2. The normalized spacial score (nSPS) is 11.0. The fourth-order valence-corrected chi connectivity index (χ4v) is 4.63. The number of carbonyl (C=O) groups excluding carboxylic acids is 1. The number of ether oxygens (including phenoxy) is 2. The maximum absolute atomic E-state index is 13.5. The van der Waals surface area contributed by atoms with Crippen LogP contribution >= 0.6 is 0 Å². The van der Waals surface area contributed by atoms with Gasteiger partial charge in [0.2, 0.25) is 5.91 Å². The van der Waals surface area contributed by atoms with E-state index in [4.69, 9.17) is 9.47 Å². The molecule has 0 heterocycles. The van der Waals surface area contributed by atoms with Crippen LogP contribution in [0, 0.1) is 5.82 Å². The van der Waals surface area contributed by atoms with Crippen LogP contribution in [0.1, 0.15) is 5.56 Å². The lowest BCUT2D eigenvalue weighted by molar-refractivity contribution is -0.128. The Kier molecular flexibility index (Phi) is 7.55. The number of nitrogens with zero attached hydrogens (tertiary/aromatic N) is 2. The molecule has 9 heteroatoms. The van der Waals surface area contributed by atoms with E-state index in [0.29, 0.717) is 11.5 Å². The van der Waals surface area contributed by atoms with Crippen molar-refractivity contribution in [1.29, 1.82) is 0 Å². The monoisotopic (exact) mass is 472 g/mol. The highest BCUT2D eigenvalue weighted by atomic mass is 32.2. The van der Waals surface area contributed by atoms with Crippen LogP contribution in [-0.2, 0) is 21.4 Å². The van der Waals surface area contributed by atoms with E-state index >= 15 is 0 Å². The maximum atomic E-state index is 13.5. The van der Waals surface area contributed by atoms with Gasteiger partial charge in [0.25, 0.3) is 10.0 Å². The molecule has 33 heavy (non-hydrogen) atoms. The Bertz CT molecular complexity index is 1200. The summed E-state index contributed by atoms with van der Waals surface area (Å²) >= 11 is 0. The third-order valence-corrected chi connectivity index (χ3v) is 6.85. The number of carbonyl (C=O) groups is 1. The van der Waals surface area contributed by atoms with Gasteiger partial charge in [-0.15, -0.1) is 0 Å². The zero-order valence-corrected chi connectivity index (χ0v) is 19.4. The van der Waals surface area contributed by atoms with Crippen molar-refractivity contribution in [2.24, 2.45) is 0 Å². The Morgan fingerprint density at radius 3 is 2.15 bits per heavy atom. The first-order valence-electron chi connectivity index (χ1n) is 10.0. The van der Waals surface area contributed by atoms with Gasteiger partial charge in [-0.3, -0.25) is 9.10 Å². The largest absolute Gasteiger partial charge is 0.497 e. The van der Waals surface area contributed by atoms with Crippen LogP contribution in [0.2, 0.25) is 0 Å². The number of hydrogen-bond donors (Lipinski definition) is 0. The van der Waals surface area contributed by atoms with E-state index < -0.39 is 28.3 Å². The van der Waals surface area contributed by atoms with Gasteiger partial charge in [-0.1, -0.05) is 18.2 Å².